The van der Waals surface area contributed by atoms with E-state index in [-0.39, 0.29) is 5.78 Å². The summed E-state index contributed by atoms with van der Waals surface area (Å²) in [7, 11) is 0. The van der Waals surface area contributed by atoms with E-state index >= 15 is 0 Å². The van der Waals surface area contributed by atoms with Crippen molar-refractivity contribution in [1.29, 1.82) is 0 Å². The standard InChI is InChI=1S/C18H21NO2/c1-12-7-9-18(21,10-8-12)17(20)15-5-6-16-14(11-15)4-3-13(2)19-16/h3-6,11-12,21H,7-10H2,1-2H3. The molecule has 1 fully saturated rings. The highest BCUT2D eigenvalue weighted by molar-refractivity contribution is 6.04. The number of Topliss-reactive ketones (excluding diaryl/α,β-unsaturated/α-hetero) is 1. The highest BCUT2D eigenvalue weighted by atomic mass is 16.3. The Balaban J connectivity index is 1.92. The van der Waals surface area contributed by atoms with Crippen molar-refractivity contribution in [2.24, 2.45) is 5.92 Å². The molecule has 0 unspecified atom stereocenters. The van der Waals surface area contributed by atoms with Crippen LogP contribution in [0.4, 0.5) is 0 Å². The van der Waals surface area contributed by atoms with Gasteiger partial charge in [-0.25, -0.2) is 0 Å². The van der Waals surface area contributed by atoms with Crippen LogP contribution in [-0.2, 0) is 0 Å². The Labute approximate surface area is 125 Å². The molecule has 0 radical (unpaired) electrons. The van der Waals surface area contributed by atoms with E-state index in [0.717, 1.165) is 29.4 Å². The van der Waals surface area contributed by atoms with E-state index in [9.17, 15) is 9.90 Å². The first kappa shape index (κ1) is 14.2. The molecule has 1 saturated carbocycles. The van der Waals surface area contributed by atoms with Crippen molar-refractivity contribution in [3.05, 3.63) is 41.6 Å². The third-order valence-corrected chi connectivity index (χ3v) is 4.61. The molecule has 3 nitrogen and oxygen atoms in total. The van der Waals surface area contributed by atoms with Crippen LogP contribution in [0.3, 0.4) is 0 Å². The number of hydrogen-bond acceptors (Lipinski definition) is 3. The fraction of sp³-hybridized carbons (Fsp3) is 0.444. The van der Waals surface area contributed by atoms with E-state index in [2.05, 4.69) is 11.9 Å². The number of nitrogens with zero attached hydrogens (tertiary/aromatic N) is 1. The van der Waals surface area contributed by atoms with Gasteiger partial charge in [0.15, 0.2) is 5.78 Å². The topological polar surface area (TPSA) is 50.2 Å². The fourth-order valence-electron chi connectivity index (χ4n) is 3.10. The van der Waals surface area contributed by atoms with Crippen molar-refractivity contribution < 1.29 is 9.90 Å². The molecule has 110 valence electrons. The maximum atomic E-state index is 12.7. The second kappa shape index (κ2) is 5.23. The Hall–Kier alpha value is -1.74. The number of aliphatic hydroxyl groups is 1. The number of carbonyl (C=O) groups excluding carboxylic acids is 1. The number of ketones is 1. The van der Waals surface area contributed by atoms with Crippen LogP contribution in [0, 0.1) is 12.8 Å². The first-order chi connectivity index (χ1) is 9.98. The molecule has 1 N–H and O–H groups in total. The van der Waals surface area contributed by atoms with E-state index in [4.69, 9.17) is 0 Å². The molecule has 1 aliphatic carbocycles. The number of hydrogen-bond donors (Lipinski definition) is 1. The van der Waals surface area contributed by atoms with Gasteiger partial charge in [-0.15, -0.1) is 0 Å². The van der Waals surface area contributed by atoms with Crippen molar-refractivity contribution in [2.75, 3.05) is 0 Å². The molecule has 1 heterocycles. The predicted octanol–water partition coefficient (Wildman–Crippen LogP) is 3.67. The maximum absolute atomic E-state index is 12.7. The van der Waals surface area contributed by atoms with E-state index in [1.807, 2.05) is 31.2 Å². The van der Waals surface area contributed by atoms with Crippen LogP contribution in [0.2, 0.25) is 0 Å². The summed E-state index contributed by atoms with van der Waals surface area (Å²) in [5, 5.41) is 11.6. The third kappa shape index (κ3) is 2.70. The van der Waals surface area contributed by atoms with Gasteiger partial charge in [-0.05, 0) is 62.8 Å². The number of benzene rings is 1. The normalized spacial score (nSPS) is 26.0. The third-order valence-electron chi connectivity index (χ3n) is 4.61. The lowest BCUT2D eigenvalue weighted by atomic mass is 9.75. The molecule has 1 aromatic carbocycles. The molecule has 0 amide bonds. The van der Waals surface area contributed by atoms with Gasteiger partial charge in [0.05, 0.1) is 5.52 Å². The average Bonchev–Trinajstić information content (AvgIpc) is 2.49. The summed E-state index contributed by atoms with van der Waals surface area (Å²) in [6, 6.07) is 9.41. The van der Waals surface area contributed by atoms with Gasteiger partial charge in [0, 0.05) is 16.6 Å². The molecule has 2 aromatic rings. The van der Waals surface area contributed by atoms with Gasteiger partial charge >= 0.3 is 0 Å². The van der Waals surface area contributed by atoms with Crippen molar-refractivity contribution in [3.8, 4) is 0 Å². The lowest BCUT2D eigenvalue weighted by molar-refractivity contribution is 0.00428. The summed E-state index contributed by atoms with van der Waals surface area (Å²) in [4.78, 5) is 17.1. The molecule has 0 bridgehead atoms. The summed E-state index contributed by atoms with van der Waals surface area (Å²) in [6.07, 6.45) is 2.96. The molecule has 3 heteroatoms. The first-order valence-corrected chi connectivity index (χ1v) is 7.62. The van der Waals surface area contributed by atoms with Crippen LogP contribution in [0.25, 0.3) is 10.9 Å². The Bertz CT molecular complexity index is 685. The predicted molar refractivity (Wildman–Crippen MR) is 83.4 cm³/mol. The summed E-state index contributed by atoms with van der Waals surface area (Å²) < 4.78 is 0. The van der Waals surface area contributed by atoms with Crippen LogP contribution >= 0.6 is 0 Å². The molecule has 3 rings (SSSR count). The SMILES string of the molecule is Cc1ccc2cc(C(=O)C3(O)CCC(C)CC3)ccc2n1. The summed E-state index contributed by atoms with van der Waals surface area (Å²) >= 11 is 0. The zero-order valence-electron chi connectivity index (χ0n) is 12.6. The molecule has 1 aromatic heterocycles. The monoisotopic (exact) mass is 283 g/mol. The van der Waals surface area contributed by atoms with E-state index in [0.29, 0.717) is 24.3 Å². The second-order valence-electron chi connectivity index (χ2n) is 6.40. The largest absolute Gasteiger partial charge is 0.382 e. The lowest BCUT2D eigenvalue weighted by Crippen LogP contribution is -2.41. The first-order valence-electron chi connectivity index (χ1n) is 7.62. The minimum absolute atomic E-state index is 0.142. The summed E-state index contributed by atoms with van der Waals surface area (Å²) in [5.41, 5.74) is 1.25. The Morgan fingerprint density at radius 2 is 1.95 bits per heavy atom. The van der Waals surface area contributed by atoms with E-state index in [1.165, 1.54) is 0 Å². The van der Waals surface area contributed by atoms with E-state index < -0.39 is 5.60 Å². The Morgan fingerprint density at radius 3 is 2.67 bits per heavy atom. The minimum atomic E-state index is -1.18. The zero-order valence-corrected chi connectivity index (χ0v) is 12.6. The molecular formula is C18H21NO2. The fourth-order valence-corrected chi connectivity index (χ4v) is 3.10. The average molecular weight is 283 g/mol. The number of aryl methyl sites for hydroxylation is 1. The molecule has 0 spiro atoms. The van der Waals surface area contributed by atoms with Gasteiger partial charge in [0.25, 0.3) is 0 Å². The van der Waals surface area contributed by atoms with Crippen molar-refractivity contribution >= 4 is 16.7 Å². The van der Waals surface area contributed by atoms with Crippen LogP contribution in [0.5, 0.6) is 0 Å². The van der Waals surface area contributed by atoms with Gasteiger partial charge in [-0.1, -0.05) is 13.0 Å². The van der Waals surface area contributed by atoms with Crippen LogP contribution in [-0.4, -0.2) is 21.5 Å². The number of fused-ring (bicyclic) bond motifs is 1. The highest BCUT2D eigenvalue weighted by Crippen LogP contribution is 2.34. The molecule has 0 saturated heterocycles. The number of rotatable bonds is 2. The van der Waals surface area contributed by atoms with Crippen molar-refractivity contribution in [2.45, 2.75) is 45.1 Å². The number of carbonyl (C=O) groups is 1. The quantitative estimate of drug-likeness (QED) is 0.856. The van der Waals surface area contributed by atoms with Gasteiger partial charge in [0.2, 0.25) is 0 Å². The van der Waals surface area contributed by atoms with Crippen LogP contribution in [0.1, 0.15) is 48.7 Å². The van der Waals surface area contributed by atoms with Gasteiger partial charge in [-0.2, -0.15) is 0 Å². The van der Waals surface area contributed by atoms with Crippen molar-refractivity contribution in [3.63, 3.8) is 0 Å². The molecule has 1 aliphatic rings. The second-order valence-corrected chi connectivity index (χ2v) is 6.40. The zero-order chi connectivity index (χ0) is 15.0. The summed E-state index contributed by atoms with van der Waals surface area (Å²) in [6.45, 7) is 4.12. The van der Waals surface area contributed by atoms with Crippen LogP contribution in [0.15, 0.2) is 30.3 Å². The molecule has 0 aliphatic heterocycles. The number of aromatic nitrogens is 1. The lowest BCUT2D eigenvalue weighted by Gasteiger charge is -2.33. The summed E-state index contributed by atoms with van der Waals surface area (Å²) in [5.74, 6) is 0.457. The van der Waals surface area contributed by atoms with Crippen LogP contribution < -0.4 is 0 Å². The molecule has 0 atom stereocenters. The highest BCUT2D eigenvalue weighted by Gasteiger charge is 2.39. The maximum Gasteiger partial charge on any atom is 0.194 e. The molecule has 21 heavy (non-hydrogen) atoms. The molecular weight excluding hydrogens is 262 g/mol. The van der Waals surface area contributed by atoms with Gasteiger partial charge in [-0.3, -0.25) is 9.78 Å². The Morgan fingerprint density at radius 1 is 1.24 bits per heavy atom. The van der Waals surface area contributed by atoms with Crippen molar-refractivity contribution in [1.82, 2.24) is 4.98 Å². The number of pyridine rings is 1. The smallest absolute Gasteiger partial charge is 0.194 e. The van der Waals surface area contributed by atoms with E-state index in [1.54, 1.807) is 6.07 Å². The Kier molecular flexibility index (Phi) is 3.54. The minimum Gasteiger partial charge on any atom is -0.382 e. The van der Waals surface area contributed by atoms with Gasteiger partial charge < -0.3 is 5.11 Å². The van der Waals surface area contributed by atoms with Gasteiger partial charge in [0.1, 0.15) is 5.60 Å².